The predicted octanol–water partition coefficient (Wildman–Crippen LogP) is 3.17. The first-order valence-corrected chi connectivity index (χ1v) is 7.89. The van der Waals surface area contributed by atoms with E-state index in [1.807, 2.05) is 7.05 Å². The molecule has 1 aliphatic carbocycles. The molecule has 0 heterocycles. The van der Waals surface area contributed by atoms with Crippen molar-refractivity contribution in [2.45, 2.75) is 51.9 Å². The molecule has 1 saturated carbocycles. The molecule has 1 rings (SSSR count). The number of hydrogen-bond acceptors (Lipinski definition) is 2. The Hall–Kier alpha value is -0.0400. The zero-order chi connectivity index (χ0) is 13.8. The van der Waals surface area contributed by atoms with E-state index in [9.17, 15) is 0 Å². The van der Waals surface area contributed by atoms with Crippen molar-refractivity contribution >= 4 is 29.9 Å². The summed E-state index contributed by atoms with van der Waals surface area (Å²) in [5.74, 6) is 1.78. The van der Waals surface area contributed by atoms with Gasteiger partial charge in [-0.15, -0.1) is 24.0 Å². The van der Waals surface area contributed by atoms with Gasteiger partial charge in [-0.3, -0.25) is 4.99 Å². The Bertz CT molecular complexity index is 245. The van der Waals surface area contributed by atoms with E-state index in [1.165, 1.54) is 38.5 Å². The van der Waals surface area contributed by atoms with E-state index in [-0.39, 0.29) is 24.0 Å². The summed E-state index contributed by atoms with van der Waals surface area (Å²) in [7, 11) is 1.82. The normalized spacial score (nSPS) is 14.8. The van der Waals surface area contributed by atoms with Crippen LogP contribution in [0.1, 0.15) is 51.9 Å². The molecule has 0 radical (unpaired) electrons. The average molecular weight is 397 g/mol. The van der Waals surface area contributed by atoms with Crippen LogP contribution in [-0.4, -0.2) is 39.3 Å². The fraction of sp³-hybridized carbons (Fsp3) is 0.933. The molecule has 2 N–H and O–H groups in total. The number of nitrogens with one attached hydrogen (secondary N) is 2. The summed E-state index contributed by atoms with van der Waals surface area (Å²) in [5.41, 5.74) is 0. The molecular formula is C15H32IN3O. The van der Waals surface area contributed by atoms with Gasteiger partial charge in [-0.2, -0.15) is 0 Å². The summed E-state index contributed by atoms with van der Waals surface area (Å²) in [6.07, 6.45) is 8.91. The molecule has 20 heavy (non-hydrogen) atoms. The summed E-state index contributed by atoms with van der Waals surface area (Å²) < 4.78 is 5.60. The van der Waals surface area contributed by atoms with Crippen molar-refractivity contribution in [3.05, 3.63) is 0 Å². The van der Waals surface area contributed by atoms with Gasteiger partial charge in [0, 0.05) is 33.4 Å². The van der Waals surface area contributed by atoms with Crippen LogP contribution in [0.4, 0.5) is 0 Å². The number of aliphatic imine (C=N–C) groups is 1. The molecule has 5 heteroatoms. The van der Waals surface area contributed by atoms with Gasteiger partial charge in [0.25, 0.3) is 0 Å². The lowest BCUT2D eigenvalue weighted by molar-refractivity contribution is 0.123. The van der Waals surface area contributed by atoms with Crippen molar-refractivity contribution in [2.24, 2.45) is 10.9 Å². The molecule has 0 aromatic heterocycles. The molecule has 1 aliphatic rings. The summed E-state index contributed by atoms with van der Waals surface area (Å²) in [6, 6.07) is 0. The van der Waals surface area contributed by atoms with Gasteiger partial charge in [0.15, 0.2) is 5.96 Å². The molecule has 0 amide bonds. The first kappa shape index (κ1) is 20.0. The van der Waals surface area contributed by atoms with Crippen LogP contribution in [0.5, 0.6) is 0 Å². The van der Waals surface area contributed by atoms with E-state index in [4.69, 9.17) is 4.74 Å². The standard InChI is InChI=1S/C15H31N3O.HI/c1-3-4-5-6-10-17-15(16-2)18-11-7-12-19-13-14-8-9-14;/h14H,3-13H2,1-2H3,(H2,16,17,18);1H. The fourth-order valence-corrected chi connectivity index (χ4v) is 1.89. The van der Waals surface area contributed by atoms with E-state index < -0.39 is 0 Å². The van der Waals surface area contributed by atoms with Crippen LogP contribution >= 0.6 is 24.0 Å². The highest BCUT2D eigenvalue weighted by Gasteiger charge is 2.20. The third kappa shape index (κ3) is 11.8. The molecule has 0 aromatic carbocycles. The van der Waals surface area contributed by atoms with Crippen molar-refractivity contribution in [3.8, 4) is 0 Å². The molecule has 4 nitrogen and oxygen atoms in total. The Morgan fingerprint density at radius 2 is 1.80 bits per heavy atom. The highest BCUT2D eigenvalue weighted by Crippen LogP contribution is 2.28. The number of nitrogens with zero attached hydrogens (tertiary/aromatic N) is 1. The highest BCUT2D eigenvalue weighted by molar-refractivity contribution is 14.0. The lowest BCUT2D eigenvalue weighted by Crippen LogP contribution is -2.38. The van der Waals surface area contributed by atoms with Crippen molar-refractivity contribution in [2.75, 3.05) is 33.4 Å². The van der Waals surface area contributed by atoms with Crippen LogP contribution in [0, 0.1) is 5.92 Å². The third-order valence-corrected chi connectivity index (χ3v) is 3.35. The number of halogens is 1. The maximum Gasteiger partial charge on any atom is 0.190 e. The second kappa shape index (κ2) is 13.9. The lowest BCUT2D eigenvalue weighted by Gasteiger charge is -2.11. The maximum absolute atomic E-state index is 5.60. The molecule has 120 valence electrons. The zero-order valence-corrected chi connectivity index (χ0v) is 15.4. The topological polar surface area (TPSA) is 45.7 Å². The van der Waals surface area contributed by atoms with Gasteiger partial charge in [-0.05, 0) is 31.6 Å². The second-order valence-corrected chi connectivity index (χ2v) is 5.36. The van der Waals surface area contributed by atoms with Gasteiger partial charge < -0.3 is 15.4 Å². The molecule has 0 aromatic rings. The van der Waals surface area contributed by atoms with Gasteiger partial charge in [0.05, 0.1) is 0 Å². The van der Waals surface area contributed by atoms with Crippen LogP contribution in [0.3, 0.4) is 0 Å². The SMILES string of the molecule is CCCCCCNC(=NC)NCCCOCC1CC1.I. The number of rotatable bonds is 11. The number of guanidine groups is 1. The molecule has 0 atom stereocenters. The summed E-state index contributed by atoms with van der Waals surface area (Å²) >= 11 is 0. The van der Waals surface area contributed by atoms with Crippen molar-refractivity contribution in [1.82, 2.24) is 10.6 Å². The quantitative estimate of drug-likeness (QED) is 0.244. The Morgan fingerprint density at radius 3 is 2.40 bits per heavy atom. The van der Waals surface area contributed by atoms with Crippen LogP contribution in [0.2, 0.25) is 0 Å². The maximum atomic E-state index is 5.60. The Balaban J connectivity index is 0.00000361. The monoisotopic (exact) mass is 397 g/mol. The number of hydrogen-bond donors (Lipinski definition) is 2. The van der Waals surface area contributed by atoms with Crippen LogP contribution in [0.25, 0.3) is 0 Å². The van der Waals surface area contributed by atoms with Crippen LogP contribution in [-0.2, 0) is 4.74 Å². The van der Waals surface area contributed by atoms with E-state index in [2.05, 4.69) is 22.5 Å². The molecule has 0 aliphatic heterocycles. The van der Waals surface area contributed by atoms with E-state index in [0.29, 0.717) is 0 Å². The van der Waals surface area contributed by atoms with E-state index in [0.717, 1.165) is 44.6 Å². The van der Waals surface area contributed by atoms with Gasteiger partial charge in [0.2, 0.25) is 0 Å². The first-order valence-electron chi connectivity index (χ1n) is 7.89. The van der Waals surface area contributed by atoms with Gasteiger partial charge in [-0.1, -0.05) is 26.2 Å². The molecule has 0 bridgehead atoms. The molecule has 0 spiro atoms. The Kier molecular flexibility index (Phi) is 13.9. The second-order valence-electron chi connectivity index (χ2n) is 5.36. The summed E-state index contributed by atoms with van der Waals surface area (Å²) in [4.78, 5) is 4.22. The van der Waals surface area contributed by atoms with Gasteiger partial charge in [-0.25, -0.2) is 0 Å². The highest BCUT2D eigenvalue weighted by atomic mass is 127. The summed E-state index contributed by atoms with van der Waals surface area (Å²) in [5, 5.41) is 6.67. The van der Waals surface area contributed by atoms with Gasteiger partial charge in [0.1, 0.15) is 0 Å². The predicted molar refractivity (Wildman–Crippen MR) is 97.1 cm³/mol. The Morgan fingerprint density at radius 1 is 1.10 bits per heavy atom. The molecule has 0 unspecified atom stereocenters. The average Bonchev–Trinajstić information content (AvgIpc) is 3.24. The van der Waals surface area contributed by atoms with Crippen LogP contribution in [0.15, 0.2) is 4.99 Å². The van der Waals surface area contributed by atoms with Gasteiger partial charge >= 0.3 is 0 Å². The molecule has 0 saturated heterocycles. The molecular weight excluding hydrogens is 365 g/mol. The minimum Gasteiger partial charge on any atom is -0.381 e. The minimum absolute atomic E-state index is 0. The lowest BCUT2D eigenvalue weighted by atomic mass is 10.2. The van der Waals surface area contributed by atoms with E-state index >= 15 is 0 Å². The number of unbranched alkanes of at least 4 members (excludes halogenated alkanes) is 3. The fourth-order valence-electron chi connectivity index (χ4n) is 1.89. The third-order valence-electron chi connectivity index (χ3n) is 3.35. The van der Waals surface area contributed by atoms with Crippen molar-refractivity contribution in [3.63, 3.8) is 0 Å². The zero-order valence-electron chi connectivity index (χ0n) is 13.1. The summed E-state index contributed by atoms with van der Waals surface area (Å²) in [6.45, 7) is 6.00. The number of ether oxygens (including phenoxy) is 1. The van der Waals surface area contributed by atoms with Crippen LogP contribution < -0.4 is 10.6 Å². The largest absolute Gasteiger partial charge is 0.381 e. The Labute approximate surface area is 141 Å². The molecule has 1 fully saturated rings. The minimum atomic E-state index is 0. The smallest absolute Gasteiger partial charge is 0.190 e. The van der Waals surface area contributed by atoms with Crippen molar-refractivity contribution in [1.29, 1.82) is 0 Å². The van der Waals surface area contributed by atoms with E-state index in [1.54, 1.807) is 0 Å². The first-order chi connectivity index (χ1) is 9.36. The van der Waals surface area contributed by atoms with Crippen molar-refractivity contribution < 1.29 is 4.74 Å².